The van der Waals surface area contributed by atoms with Crippen molar-refractivity contribution in [1.82, 2.24) is 5.32 Å². The van der Waals surface area contributed by atoms with Crippen molar-refractivity contribution >= 4 is 17.3 Å². The summed E-state index contributed by atoms with van der Waals surface area (Å²) in [7, 11) is 0. The summed E-state index contributed by atoms with van der Waals surface area (Å²) >= 11 is 0. The summed E-state index contributed by atoms with van der Waals surface area (Å²) in [5.74, 6) is 0.0214. The van der Waals surface area contributed by atoms with Crippen LogP contribution in [0.3, 0.4) is 0 Å². The number of hydrogen-bond donors (Lipinski definition) is 1. The van der Waals surface area contributed by atoms with Crippen molar-refractivity contribution in [2.45, 2.75) is 39.2 Å². The Morgan fingerprint density at radius 3 is 2.43 bits per heavy atom. The van der Waals surface area contributed by atoms with Crippen molar-refractivity contribution in [1.29, 1.82) is 0 Å². The number of nitro benzene ring substituents is 1. The molecule has 1 N–H and O–H groups in total. The third-order valence-corrected chi connectivity index (χ3v) is 5.49. The zero-order valence-electron chi connectivity index (χ0n) is 16.4. The van der Waals surface area contributed by atoms with E-state index in [1.807, 2.05) is 17.9 Å². The number of carbonyl (C=O) groups excluding carboxylic acids is 1. The van der Waals surface area contributed by atoms with E-state index < -0.39 is 0 Å². The van der Waals surface area contributed by atoms with Crippen molar-refractivity contribution in [3.63, 3.8) is 0 Å². The normalized spacial score (nSPS) is 15.9. The molecule has 2 aromatic rings. The third-order valence-electron chi connectivity index (χ3n) is 5.49. The van der Waals surface area contributed by atoms with E-state index in [9.17, 15) is 14.9 Å². The van der Waals surface area contributed by atoms with Crippen LogP contribution in [0.25, 0.3) is 0 Å². The van der Waals surface area contributed by atoms with Crippen LogP contribution in [-0.4, -0.2) is 23.9 Å². The number of amides is 1. The Morgan fingerprint density at radius 1 is 1.18 bits per heavy atom. The lowest BCUT2D eigenvalue weighted by molar-refractivity contribution is -0.384. The number of anilines is 1. The molecule has 0 radical (unpaired) electrons. The Kier molecular flexibility index (Phi) is 6.29. The molecule has 6 heteroatoms. The average molecular weight is 381 g/mol. The maximum atomic E-state index is 12.8. The number of para-hydroxylation sites is 2. The maximum absolute atomic E-state index is 12.8. The van der Waals surface area contributed by atoms with Crippen LogP contribution in [0, 0.1) is 23.0 Å². The van der Waals surface area contributed by atoms with Crippen LogP contribution < -0.4 is 10.2 Å². The van der Waals surface area contributed by atoms with Crippen LogP contribution in [0.15, 0.2) is 48.5 Å². The molecule has 148 valence electrons. The average Bonchev–Trinajstić information content (AvgIpc) is 2.72. The van der Waals surface area contributed by atoms with E-state index in [0.717, 1.165) is 12.0 Å². The van der Waals surface area contributed by atoms with Crippen LogP contribution in [0.1, 0.15) is 43.4 Å². The number of hydrogen-bond acceptors (Lipinski definition) is 4. The van der Waals surface area contributed by atoms with Gasteiger partial charge in [-0.3, -0.25) is 14.9 Å². The van der Waals surface area contributed by atoms with Crippen molar-refractivity contribution < 1.29 is 9.72 Å². The van der Waals surface area contributed by atoms with E-state index in [1.54, 1.807) is 12.1 Å². The fourth-order valence-electron chi connectivity index (χ4n) is 3.78. The molecule has 0 aliphatic carbocycles. The van der Waals surface area contributed by atoms with Crippen LogP contribution in [0.4, 0.5) is 11.4 Å². The van der Waals surface area contributed by atoms with Crippen molar-refractivity contribution in [2.75, 3.05) is 18.0 Å². The number of aryl methyl sites for hydroxylation is 1. The van der Waals surface area contributed by atoms with Crippen LogP contribution in [0.5, 0.6) is 0 Å². The predicted octanol–water partition coefficient (Wildman–Crippen LogP) is 4.39. The quantitative estimate of drug-likeness (QED) is 0.595. The molecular formula is C22H27N3O3. The molecule has 0 saturated carbocycles. The summed E-state index contributed by atoms with van der Waals surface area (Å²) in [5, 5.41) is 14.5. The fraction of sp³-hybridized carbons (Fsp3) is 0.409. The third kappa shape index (κ3) is 4.50. The number of nitrogens with zero attached hydrogens (tertiary/aromatic N) is 2. The van der Waals surface area contributed by atoms with Gasteiger partial charge in [-0.15, -0.1) is 0 Å². The molecule has 0 aromatic heterocycles. The Balaban J connectivity index is 1.61. The lowest BCUT2D eigenvalue weighted by Gasteiger charge is -2.33. The number of carbonyl (C=O) groups is 1. The number of rotatable bonds is 6. The first-order valence-electron chi connectivity index (χ1n) is 9.85. The molecular weight excluding hydrogens is 354 g/mol. The molecule has 1 heterocycles. The van der Waals surface area contributed by atoms with Gasteiger partial charge in [-0.2, -0.15) is 0 Å². The van der Waals surface area contributed by atoms with Crippen molar-refractivity contribution in [3.05, 3.63) is 69.8 Å². The molecule has 1 atom stereocenters. The van der Waals surface area contributed by atoms with Crippen LogP contribution >= 0.6 is 0 Å². The van der Waals surface area contributed by atoms with Gasteiger partial charge < -0.3 is 10.2 Å². The van der Waals surface area contributed by atoms with E-state index in [2.05, 4.69) is 36.5 Å². The van der Waals surface area contributed by atoms with Crippen LogP contribution in [0.2, 0.25) is 0 Å². The number of nitro groups is 1. The minimum absolute atomic E-state index is 0.0151. The Bertz CT molecular complexity index is 827. The Morgan fingerprint density at radius 2 is 1.82 bits per heavy atom. The molecule has 28 heavy (non-hydrogen) atoms. The molecule has 1 aliphatic heterocycles. The molecule has 0 bridgehead atoms. The largest absolute Gasteiger partial charge is 0.366 e. The van der Waals surface area contributed by atoms with Gasteiger partial charge in [0, 0.05) is 25.1 Å². The van der Waals surface area contributed by atoms with E-state index in [0.29, 0.717) is 31.6 Å². The molecule has 1 unspecified atom stereocenters. The lowest BCUT2D eigenvalue weighted by atomic mass is 9.94. The first-order valence-corrected chi connectivity index (χ1v) is 9.85. The second-order valence-corrected chi connectivity index (χ2v) is 7.39. The SMILES string of the molecule is CCC(NC(=O)C1CCN(c2ccccc2[N+](=O)[O-])CC1)c1ccc(C)cc1. The number of piperidine rings is 1. The molecule has 6 nitrogen and oxygen atoms in total. The van der Waals surface area contributed by atoms with Gasteiger partial charge in [0.05, 0.1) is 11.0 Å². The van der Waals surface area contributed by atoms with Gasteiger partial charge >= 0.3 is 0 Å². The summed E-state index contributed by atoms with van der Waals surface area (Å²) in [5.41, 5.74) is 3.08. The van der Waals surface area contributed by atoms with Gasteiger partial charge in [0.25, 0.3) is 5.69 Å². The highest BCUT2D eigenvalue weighted by Crippen LogP contribution is 2.31. The summed E-state index contributed by atoms with van der Waals surface area (Å²) in [6, 6.07) is 15.1. The topological polar surface area (TPSA) is 75.5 Å². The Labute approximate surface area is 165 Å². The van der Waals surface area contributed by atoms with Gasteiger partial charge in [0.1, 0.15) is 5.69 Å². The van der Waals surface area contributed by atoms with Gasteiger partial charge in [-0.25, -0.2) is 0 Å². The summed E-state index contributed by atoms with van der Waals surface area (Å²) < 4.78 is 0. The van der Waals surface area contributed by atoms with Gasteiger partial charge in [-0.05, 0) is 37.8 Å². The maximum Gasteiger partial charge on any atom is 0.292 e. The first-order chi connectivity index (χ1) is 13.5. The highest BCUT2D eigenvalue weighted by molar-refractivity contribution is 5.79. The molecule has 1 aliphatic rings. The summed E-state index contributed by atoms with van der Waals surface area (Å²) in [4.78, 5) is 25.7. The van der Waals surface area contributed by atoms with Crippen molar-refractivity contribution in [3.8, 4) is 0 Å². The van der Waals surface area contributed by atoms with Gasteiger partial charge in [0.2, 0.25) is 5.91 Å². The minimum Gasteiger partial charge on any atom is -0.366 e. The standard InChI is InChI=1S/C22H27N3O3/c1-3-19(17-10-8-16(2)9-11-17)23-22(26)18-12-14-24(15-13-18)20-6-4-5-7-21(20)25(27)28/h4-11,18-19H,3,12-15H2,1-2H3,(H,23,26). The fourth-order valence-corrected chi connectivity index (χ4v) is 3.78. The molecule has 2 aromatic carbocycles. The van der Waals surface area contributed by atoms with E-state index in [-0.39, 0.29) is 28.5 Å². The first kappa shape index (κ1) is 19.9. The molecule has 0 spiro atoms. The second-order valence-electron chi connectivity index (χ2n) is 7.39. The van der Waals surface area contributed by atoms with Crippen molar-refractivity contribution in [2.24, 2.45) is 5.92 Å². The molecule has 1 fully saturated rings. The Hall–Kier alpha value is -2.89. The lowest BCUT2D eigenvalue weighted by Crippen LogP contribution is -2.41. The predicted molar refractivity (Wildman–Crippen MR) is 110 cm³/mol. The monoisotopic (exact) mass is 381 g/mol. The van der Waals surface area contributed by atoms with E-state index >= 15 is 0 Å². The van der Waals surface area contributed by atoms with E-state index in [4.69, 9.17) is 0 Å². The van der Waals surface area contributed by atoms with E-state index in [1.165, 1.54) is 11.6 Å². The summed E-state index contributed by atoms with van der Waals surface area (Å²) in [6.07, 6.45) is 2.23. The van der Waals surface area contributed by atoms with Crippen LogP contribution in [-0.2, 0) is 4.79 Å². The molecule has 1 amide bonds. The zero-order valence-corrected chi connectivity index (χ0v) is 16.4. The van der Waals surface area contributed by atoms with Gasteiger partial charge in [0.15, 0.2) is 0 Å². The zero-order chi connectivity index (χ0) is 20.1. The summed E-state index contributed by atoms with van der Waals surface area (Å²) in [6.45, 7) is 5.41. The second kappa shape index (κ2) is 8.87. The smallest absolute Gasteiger partial charge is 0.292 e. The molecule has 3 rings (SSSR count). The van der Waals surface area contributed by atoms with Gasteiger partial charge in [-0.1, -0.05) is 48.9 Å². The highest BCUT2D eigenvalue weighted by atomic mass is 16.6. The number of benzene rings is 2. The minimum atomic E-state index is -0.346. The highest BCUT2D eigenvalue weighted by Gasteiger charge is 2.29. The molecule has 1 saturated heterocycles. The number of nitrogens with one attached hydrogen (secondary N) is 1.